The summed E-state index contributed by atoms with van der Waals surface area (Å²) in [4.78, 5) is 18.5. The molecular formula is C17H21N3O. The number of carbonyl (C=O) groups is 1. The maximum Gasteiger partial charge on any atom is 0.259 e. The second kappa shape index (κ2) is 6.39. The molecule has 1 N–H and O–H groups in total. The Balaban J connectivity index is 2.18. The fourth-order valence-electron chi connectivity index (χ4n) is 2.08. The van der Waals surface area contributed by atoms with Crippen molar-refractivity contribution in [3.63, 3.8) is 0 Å². The first-order valence-corrected chi connectivity index (χ1v) is 7.02. The lowest BCUT2D eigenvalue weighted by Gasteiger charge is -2.15. The molecule has 0 fully saturated rings. The van der Waals surface area contributed by atoms with Crippen LogP contribution < -0.4 is 10.2 Å². The minimum atomic E-state index is -0.149. The van der Waals surface area contributed by atoms with Crippen molar-refractivity contribution in [3.05, 3.63) is 53.7 Å². The monoisotopic (exact) mass is 283 g/mol. The first kappa shape index (κ1) is 15.0. The minimum absolute atomic E-state index is 0.149. The van der Waals surface area contributed by atoms with Crippen LogP contribution in [-0.2, 0) is 0 Å². The van der Waals surface area contributed by atoms with E-state index in [9.17, 15) is 4.79 Å². The van der Waals surface area contributed by atoms with Gasteiger partial charge in [-0.2, -0.15) is 0 Å². The van der Waals surface area contributed by atoms with Gasteiger partial charge < -0.3 is 10.2 Å². The number of amides is 1. The summed E-state index contributed by atoms with van der Waals surface area (Å²) < 4.78 is 0. The Morgan fingerprint density at radius 3 is 2.38 bits per heavy atom. The van der Waals surface area contributed by atoms with Crippen molar-refractivity contribution in [2.45, 2.75) is 19.8 Å². The van der Waals surface area contributed by atoms with Crippen molar-refractivity contribution in [1.82, 2.24) is 4.98 Å². The Morgan fingerprint density at radius 1 is 1.14 bits per heavy atom. The lowest BCUT2D eigenvalue weighted by molar-refractivity contribution is 0.102. The molecule has 0 aliphatic carbocycles. The average Bonchev–Trinajstić information content (AvgIpc) is 2.47. The molecule has 0 spiro atoms. The summed E-state index contributed by atoms with van der Waals surface area (Å²) in [6.45, 7) is 4.29. The molecule has 0 radical (unpaired) electrons. The van der Waals surface area contributed by atoms with Gasteiger partial charge in [0.25, 0.3) is 5.91 Å². The molecule has 2 aromatic rings. The molecule has 1 aromatic heterocycles. The largest absolute Gasteiger partial charge is 0.362 e. The molecule has 0 atom stereocenters. The van der Waals surface area contributed by atoms with Crippen LogP contribution in [0.15, 0.2) is 42.6 Å². The van der Waals surface area contributed by atoms with Crippen molar-refractivity contribution in [3.8, 4) is 0 Å². The molecule has 1 amide bonds. The van der Waals surface area contributed by atoms with E-state index in [2.05, 4.69) is 24.1 Å². The summed E-state index contributed by atoms with van der Waals surface area (Å²) in [6, 6.07) is 11.5. The quantitative estimate of drug-likeness (QED) is 0.933. The molecule has 4 nitrogen and oxygen atoms in total. The second-order valence-electron chi connectivity index (χ2n) is 5.50. The molecule has 1 heterocycles. The van der Waals surface area contributed by atoms with Gasteiger partial charge in [0.15, 0.2) is 0 Å². The summed E-state index contributed by atoms with van der Waals surface area (Å²) in [7, 11) is 3.74. The molecule has 21 heavy (non-hydrogen) atoms. The van der Waals surface area contributed by atoms with Gasteiger partial charge >= 0.3 is 0 Å². The van der Waals surface area contributed by atoms with Gasteiger partial charge in [-0.05, 0) is 35.7 Å². The SMILES string of the molecule is CC(C)c1ccc(NC(=O)c2cccnc2N(C)C)cc1. The van der Waals surface area contributed by atoms with Crippen molar-refractivity contribution in [1.29, 1.82) is 0 Å². The number of pyridine rings is 1. The van der Waals surface area contributed by atoms with E-state index >= 15 is 0 Å². The fraction of sp³-hybridized carbons (Fsp3) is 0.294. The van der Waals surface area contributed by atoms with Crippen LogP contribution in [0.3, 0.4) is 0 Å². The van der Waals surface area contributed by atoms with Crippen molar-refractivity contribution in [2.24, 2.45) is 0 Å². The number of carbonyl (C=O) groups excluding carboxylic acids is 1. The summed E-state index contributed by atoms with van der Waals surface area (Å²) in [5, 5.41) is 2.91. The Bertz CT molecular complexity index is 618. The summed E-state index contributed by atoms with van der Waals surface area (Å²) >= 11 is 0. The number of aromatic nitrogens is 1. The zero-order chi connectivity index (χ0) is 15.4. The van der Waals surface area contributed by atoms with E-state index in [0.717, 1.165) is 5.69 Å². The summed E-state index contributed by atoms with van der Waals surface area (Å²) in [6.07, 6.45) is 1.68. The Morgan fingerprint density at radius 2 is 1.81 bits per heavy atom. The van der Waals surface area contributed by atoms with Crippen LogP contribution in [0.25, 0.3) is 0 Å². The molecule has 2 rings (SSSR count). The summed E-state index contributed by atoms with van der Waals surface area (Å²) in [5.74, 6) is 0.992. The molecule has 0 saturated heterocycles. The van der Waals surface area contributed by atoms with Crippen molar-refractivity contribution in [2.75, 3.05) is 24.3 Å². The van der Waals surface area contributed by atoms with E-state index in [4.69, 9.17) is 0 Å². The zero-order valence-corrected chi connectivity index (χ0v) is 12.9. The van der Waals surface area contributed by atoms with Gasteiger partial charge in [-0.25, -0.2) is 4.98 Å². The lowest BCUT2D eigenvalue weighted by Crippen LogP contribution is -2.19. The van der Waals surface area contributed by atoms with Gasteiger partial charge in [0.1, 0.15) is 5.82 Å². The van der Waals surface area contributed by atoms with E-state index in [1.807, 2.05) is 43.3 Å². The number of benzene rings is 1. The van der Waals surface area contributed by atoms with E-state index < -0.39 is 0 Å². The molecule has 1 aromatic carbocycles. The standard InChI is InChI=1S/C17H21N3O/c1-12(2)13-7-9-14(10-8-13)19-17(21)15-6-5-11-18-16(15)20(3)4/h5-12H,1-4H3,(H,19,21). The highest BCUT2D eigenvalue weighted by Crippen LogP contribution is 2.19. The van der Waals surface area contributed by atoms with Crippen LogP contribution in [0.2, 0.25) is 0 Å². The maximum atomic E-state index is 12.4. The first-order chi connectivity index (χ1) is 9.99. The van der Waals surface area contributed by atoms with E-state index in [1.165, 1.54) is 5.56 Å². The van der Waals surface area contributed by atoms with Gasteiger partial charge in [-0.1, -0.05) is 26.0 Å². The first-order valence-electron chi connectivity index (χ1n) is 7.02. The topological polar surface area (TPSA) is 45.2 Å². The third kappa shape index (κ3) is 3.60. The number of hydrogen-bond donors (Lipinski definition) is 1. The molecular weight excluding hydrogens is 262 g/mol. The van der Waals surface area contributed by atoms with Crippen LogP contribution in [-0.4, -0.2) is 25.0 Å². The second-order valence-corrected chi connectivity index (χ2v) is 5.50. The molecule has 0 aliphatic heterocycles. The van der Waals surface area contributed by atoms with Gasteiger partial charge in [-0.3, -0.25) is 4.79 Å². The smallest absolute Gasteiger partial charge is 0.259 e. The number of nitrogens with zero attached hydrogens (tertiary/aromatic N) is 2. The van der Waals surface area contributed by atoms with Gasteiger partial charge in [0.2, 0.25) is 0 Å². The lowest BCUT2D eigenvalue weighted by atomic mass is 10.0. The predicted octanol–water partition coefficient (Wildman–Crippen LogP) is 3.52. The van der Waals surface area contributed by atoms with Crippen LogP contribution >= 0.6 is 0 Å². The minimum Gasteiger partial charge on any atom is -0.362 e. The van der Waals surface area contributed by atoms with Crippen LogP contribution in [0.4, 0.5) is 11.5 Å². The predicted molar refractivity (Wildman–Crippen MR) is 87.0 cm³/mol. The van der Waals surface area contributed by atoms with Crippen LogP contribution in [0.1, 0.15) is 35.7 Å². The maximum absolute atomic E-state index is 12.4. The van der Waals surface area contributed by atoms with Crippen LogP contribution in [0.5, 0.6) is 0 Å². The Hall–Kier alpha value is -2.36. The molecule has 110 valence electrons. The van der Waals surface area contributed by atoms with E-state index in [0.29, 0.717) is 17.3 Å². The molecule has 0 bridgehead atoms. The van der Waals surface area contributed by atoms with Crippen molar-refractivity contribution >= 4 is 17.4 Å². The van der Waals surface area contributed by atoms with Gasteiger partial charge in [0, 0.05) is 26.0 Å². The molecule has 0 saturated carbocycles. The fourth-order valence-corrected chi connectivity index (χ4v) is 2.08. The van der Waals surface area contributed by atoms with E-state index in [-0.39, 0.29) is 5.91 Å². The molecule has 4 heteroatoms. The van der Waals surface area contributed by atoms with Crippen LogP contribution in [0, 0.1) is 0 Å². The number of anilines is 2. The number of rotatable bonds is 4. The highest BCUT2D eigenvalue weighted by Gasteiger charge is 2.13. The third-order valence-electron chi connectivity index (χ3n) is 3.29. The number of hydrogen-bond acceptors (Lipinski definition) is 3. The average molecular weight is 283 g/mol. The summed E-state index contributed by atoms with van der Waals surface area (Å²) in [5.41, 5.74) is 2.61. The highest BCUT2D eigenvalue weighted by atomic mass is 16.1. The number of nitrogens with one attached hydrogen (secondary N) is 1. The Labute approximate surface area is 125 Å². The van der Waals surface area contributed by atoms with Gasteiger partial charge in [0.05, 0.1) is 5.56 Å². The third-order valence-corrected chi connectivity index (χ3v) is 3.29. The molecule has 0 aliphatic rings. The van der Waals surface area contributed by atoms with Crippen molar-refractivity contribution < 1.29 is 4.79 Å². The van der Waals surface area contributed by atoms with E-state index in [1.54, 1.807) is 18.3 Å². The highest BCUT2D eigenvalue weighted by molar-refractivity contribution is 6.07. The normalized spacial score (nSPS) is 10.5. The van der Waals surface area contributed by atoms with Gasteiger partial charge in [-0.15, -0.1) is 0 Å². The molecule has 0 unspecified atom stereocenters. The zero-order valence-electron chi connectivity index (χ0n) is 12.9. The Kier molecular flexibility index (Phi) is 4.58.